The second kappa shape index (κ2) is 4.99. The average molecular weight is 289 g/mol. The van der Waals surface area contributed by atoms with E-state index in [1.807, 2.05) is 30.3 Å². The van der Waals surface area contributed by atoms with Gasteiger partial charge in [0.1, 0.15) is 5.82 Å². The van der Waals surface area contributed by atoms with Crippen molar-refractivity contribution in [1.29, 1.82) is 0 Å². The maximum atomic E-state index is 12.1. The SMILES string of the molecule is O=C(Nc1ccc(Cl)cn1)c1cc2ccccc2s1. The van der Waals surface area contributed by atoms with Crippen LogP contribution in [0.1, 0.15) is 9.67 Å². The maximum Gasteiger partial charge on any atom is 0.266 e. The van der Waals surface area contributed by atoms with Crippen LogP contribution in [0.15, 0.2) is 48.7 Å². The molecule has 2 aromatic heterocycles. The molecular formula is C14H9ClN2OS. The van der Waals surface area contributed by atoms with E-state index in [1.54, 1.807) is 12.1 Å². The first-order chi connectivity index (χ1) is 9.22. The summed E-state index contributed by atoms with van der Waals surface area (Å²) >= 11 is 7.21. The Bertz CT molecular complexity index is 704. The highest BCUT2D eigenvalue weighted by atomic mass is 35.5. The first kappa shape index (κ1) is 12.1. The van der Waals surface area contributed by atoms with Gasteiger partial charge in [-0.3, -0.25) is 4.79 Å². The van der Waals surface area contributed by atoms with Crippen molar-refractivity contribution in [2.24, 2.45) is 0 Å². The number of fused-ring (bicyclic) bond motifs is 1. The minimum Gasteiger partial charge on any atom is -0.306 e. The van der Waals surface area contributed by atoms with Gasteiger partial charge in [0.05, 0.1) is 9.90 Å². The standard InChI is InChI=1S/C14H9ClN2OS/c15-10-5-6-13(16-8-10)17-14(18)12-7-9-3-1-2-4-11(9)19-12/h1-8H,(H,16,17,18). The second-order valence-electron chi connectivity index (χ2n) is 3.96. The Morgan fingerprint density at radius 3 is 2.79 bits per heavy atom. The summed E-state index contributed by atoms with van der Waals surface area (Å²) in [5, 5.41) is 4.36. The number of rotatable bonds is 2. The van der Waals surface area contributed by atoms with Crippen LogP contribution in [0.3, 0.4) is 0 Å². The Balaban J connectivity index is 1.85. The van der Waals surface area contributed by atoms with Crippen molar-refractivity contribution in [2.45, 2.75) is 0 Å². The molecule has 0 saturated heterocycles. The zero-order valence-electron chi connectivity index (χ0n) is 9.76. The summed E-state index contributed by atoms with van der Waals surface area (Å²) in [5.74, 6) is 0.336. The van der Waals surface area contributed by atoms with E-state index in [2.05, 4.69) is 10.3 Å². The van der Waals surface area contributed by atoms with Gasteiger partial charge in [-0.1, -0.05) is 29.8 Å². The minimum atomic E-state index is -0.156. The lowest BCUT2D eigenvalue weighted by molar-refractivity contribution is 0.103. The number of carbonyl (C=O) groups is 1. The van der Waals surface area contributed by atoms with Crippen LogP contribution in [0.4, 0.5) is 5.82 Å². The van der Waals surface area contributed by atoms with E-state index in [1.165, 1.54) is 17.5 Å². The van der Waals surface area contributed by atoms with Crippen LogP contribution in [0.5, 0.6) is 0 Å². The van der Waals surface area contributed by atoms with Crippen LogP contribution in [0, 0.1) is 0 Å². The highest BCUT2D eigenvalue weighted by molar-refractivity contribution is 7.20. The molecule has 2 heterocycles. The van der Waals surface area contributed by atoms with Crippen molar-refractivity contribution in [3.63, 3.8) is 0 Å². The maximum absolute atomic E-state index is 12.1. The summed E-state index contributed by atoms with van der Waals surface area (Å²) in [6.07, 6.45) is 1.50. The van der Waals surface area contributed by atoms with Crippen molar-refractivity contribution in [2.75, 3.05) is 5.32 Å². The van der Waals surface area contributed by atoms with Crippen LogP contribution < -0.4 is 5.32 Å². The average Bonchev–Trinajstić information content (AvgIpc) is 2.85. The molecule has 3 aromatic rings. The summed E-state index contributed by atoms with van der Waals surface area (Å²) in [6.45, 7) is 0. The Labute approximate surface area is 118 Å². The number of thiophene rings is 1. The number of amides is 1. The Morgan fingerprint density at radius 1 is 1.21 bits per heavy atom. The summed E-state index contributed by atoms with van der Waals surface area (Å²) < 4.78 is 1.09. The van der Waals surface area contributed by atoms with Crippen LogP contribution >= 0.6 is 22.9 Å². The number of halogens is 1. The van der Waals surface area contributed by atoms with Gasteiger partial charge in [-0.25, -0.2) is 4.98 Å². The third-order valence-corrected chi connectivity index (χ3v) is 3.96. The number of nitrogens with zero attached hydrogens (tertiary/aromatic N) is 1. The van der Waals surface area contributed by atoms with E-state index in [9.17, 15) is 4.79 Å². The van der Waals surface area contributed by atoms with Gasteiger partial charge in [-0.15, -0.1) is 11.3 Å². The molecule has 3 nitrogen and oxygen atoms in total. The van der Waals surface area contributed by atoms with Crippen LogP contribution in [0.25, 0.3) is 10.1 Å². The molecule has 0 radical (unpaired) electrons. The summed E-state index contributed by atoms with van der Waals surface area (Å²) in [4.78, 5) is 16.8. The Hall–Kier alpha value is -1.91. The molecule has 0 bridgehead atoms. The first-order valence-electron chi connectivity index (χ1n) is 5.64. The molecule has 0 aliphatic carbocycles. The van der Waals surface area contributed by atoms with Gasteiger partial charge < -0.3 is 5.32 Å². The fraction of sp³-hybridized carbons (Fsp3) is 0. The zero-order chi connectivity index (χ0) is 13.2. The molecule has 19 heavy (non-hydrogen) atoms. The predicted octanol–water partition coefficient (Wildman–Crippen LogP) is 4.20. The molecule has 1 aromatic carbocycles. The molecule has 94 valence electrons. The van der Waals surface area contributed by atoms with Crippen LogP contribution in [-0.4, -0.2) is 10.9 Å². The van der Waals surface area contributed by atoms with E-state index in [4.69, 9.17) is 11.6 Å². The smallest absolute Gasteiger partial charge is 0.266 e. The molecule has 1 amide bonds. The van der Waals surface area contributed by atoms with Crippen molar-refractivity contribution in [3.8, 4) is 0 Å². The summed E-state index contributed by atoms with van der Waals surface area (Å²) in [7, 11) is 0. The highest BCUT2D eigenvalue weighted by Crippen LogP contribution is 2.25. The van der Waals surface area contributed by atoms with Gasteiger partial charge in [0.2, 0.25) is 0 Å². The molecule has 0 atom stereocenters. The number of hydrogen-bond donors (Lipinski definition) is 1. The van der Waals surface area contributed by atoms with Gasteiger partial charge in [-0.2, -0.15) is 0 Å². The lowest BCUT2D eigenvalue weighted by Crippen LogP contribution is -2.10. The molecule has 0 aliphatic heterocycles. The lowest BCUT2D eigenvalue weighted by atomic mass is 10.2. The monoisotopic (exact) mass is 288 g/mol. The van der Waals surface area contributed by atoms with E-state index >= 15 is 0 Å². The number of anilines is 1. The lowest BCUT2D eigenvalue weighted by Gasteiger charge is -2.01. The van der Waals surface area contributed by atoms with Gasteiger partial charge >= 0.3 is 0 Å². The molecule has 1 N–H and O–H groups in total. The van der Waals surface area contributed by atoms with E-state index in [0.29, 0.717) is 15.7 Å². The number of aromatic nitrogens is 1. The topological polar surface area (TPSA) is 42.0 Å². The molecule has 3 rings (SSSR count). The highest BCUT2D eigenvalue weighted by Gasteiger charge is 2.10. The number of pyridine rings is 1. The molecule has 0 fully saturated rings. The normalized spacial score (nSPS) is 10.6. The van der Waals surface area contributed by atoms with Crippen LogP contribution in [-0.2, 0) is 0 Å². The molecule has 0 unspecified atom stereocenters. The second-order valence-corrected chi connectivity index (χ2v) is 5.48. The number of hydrogen-bond acceptors (Lipinski definition) is 3. The summed E-state index contributed by atoms with van der Waals surface area (Å²) in [5.41, 5.74) is 0. The quantitative estimate of drug-likeness (QED) is 0.768. The van der Waals surface area contributed by atoms with E-state index in [0.717, 1.165) is 10.1 Å². The number of carbonyl (C=O) groups excluding carboxylic acids is 1. The third-order valence-electron chi connectivity index (χ3n) is 2.62. The third kappa shape index (κ3) is 2.59. The fourth-order valence-corrected chi connectivity index (χ4v) is 2.79. The van der Waals surface area contributed by atoms with Crippen molar-refractivity contribution in [1.82, 2.24) is 4.98 Å². The van der Waals surface area contributed by atoms with Gasteiger partial charge in [-0.05, 0) is 29.7 Å². The Morgan fingerprint density at radius 2 is 2.05 bits per heavy atom. The molecule has 0 aliphatic rings. The van der Waals surface area contributed by atoms with Crippen molar-refractivity contribution < 1.29 is 4.79 Å². The molecular weight excluding hydrogens is 280 g/mol. The molecule has 5 heteroatoms. The molecule has 0 spiro atoms. The van der Waals surface area contributed by atoms with Crippen LogP contribution in [0.2, 0.25) is 5.02 Å². The molecule has 0 saturated carbocycles. The number of benzene rings is 1. The zero-order valence-corrected chi connectivity index (χ0v) is 11.3. The van der Waals surface area contributed by atoms with Gasteiger partial charge in [0.15, 0.2) is 0 Å². The van der Waals surface area contributed by atoms with Crippen molar-refractivity contribution in [3.05, 3.63) is 58.6 Å². The Kier molecular flexibility index (Phi) is 3.19. The summed E-state index contributed by atoms with van der Waals surface area (Å²) in [6, 6.07) is 13.1. The first-order valence-corrected chi connectivity index (χ1v) is 6.83. The largest absolute Gasteiger partial charge is 0.306 e. The van der Waals surface area contributed by atoms with Crippen molar-refractivity contribution >= 4 is 44.7 Å². The van der Waals surface area contributed by atoms with E-state index < -0.39 is 0 Å². The van der Waals surface area contributed by atoms with Gasteiger partial charge in [0.25, 0.3) is 5.91 Å². The minimum absolute atomic E-state index is 0.156. The number of nitrogens with one attached hydrogen (secondary N) is 1. The van der Waals surface area contributed by atoms with E-state index in [-0.39, 0.29) is 5.91 Å². The fourth-order valence-electron chi connectivity index (χ4n) is 1.72. The van der Waals surface area contributed by atoms with Gasteiger partial charge in [0, 0.05) is 10.9 Å². The predicted molar refractivity (Wildman–Crippen MR) is 79.0 cm³/mol.